The van der Waals surface area contributed by atoms with Gasteiger partial charge in [0.2, 0.25) is 0 Å². The van der Waals surface area contributed by atoms with Gasteiger partial charge in [-0.3, -0.25) is 14.4 Å². The number of H-pyrrole nitrogens is 1. The summed E-state index contributed by atoms with van der Waals surface area (Å²) in [7, 11) is 0. The van der Waals surface area contributed by atoms with E-state index < -0.39 is 0 Å². The van der Waals surface area contributed by atoms with E-state index in [4.69, 9.17) is 0 Å². The number of nitrogens with one attached hydrogen (secondary N) is 1. The van der Waals surface area contributed by atoms with Crippen LogP contribution in [0.15, 0.2) is 58.1 Å². The molecular formula is C21H18N6O3. The number of likely N-dealkylation sites (tertiary alicyclic amines) is 1. The average molecular weight is 402 g/mol. The van der Waals surface area contributed by atoms with Crippen LogP contribution in [0.2, 0.25) is 0 Å². The van der Waals surface area contributed by atoms with Crippen LogP contribution in [-0.2, 0) is 0 Å². The van der Waals surface area contributed by atoms with Crippen molar-refractivity contribution in [1.82, 2.24) is 30.1 Å². The Morgan fingerprint density at radius 2 is 1.60 bits per heavy atom. The van der Waals surface area contributed by atoms with Gasteiger partial charge in [0.15, 0.2) is 5.69 Å². The number of aromatic nitrogens is 5. The number of hydrogen-bond donors (Lipinski definition) is 1. The molecule has 2 aromatic heterocycles. The van der Waals surface area contributed by atoms with E-state index in [1.165, 1.54) is 4.68 Å². The fourth-order valence-corrected chi connectivity index (χ4v) is 3.98. The summed E-state index contributed by atoms with van der Waals surface area (Å²) in [4.78, 5) is 39.5. The van der Waals surface area contributed by atoms with Crippen LogP contribution >= 0.6 is 0 Å². The highest BCUT2D eigenvalue weighted by molar-refractivity contribution is 6.04. The normalized spacial score (nSPS) is 15.0. The molecule has 9 nitrogen and oxygen atoms in total. The van der Waals surface area contributed by atoms with E-state index in [1.807, 2.05) is 6.07 Å². The second-order valence-corrected chi connectivity index (χ2v) is 7.33. The van der Waals surface area contributed by atoms with E-state index in [2.05, 4.69) is 20.5 Å². The van der Waals surface area contributed by atoms with Crippen molar-refractivity contribution in [1.29, 1.82) is 0 Å². The van der Waals surface area contributed by atoms with Gasteiger partial charge in [0, 0.05) is 18.5 Å². The molecule has 0 aliphatic carbocycles. The molecule has 1 saturated heterocycles. The summed E-state index contributed by atoms with van der Waals surface area (Å²) in [6.07, 6.45) is 1.17. The molecule has 1 aliphatic heterocycles. The molecule has 0 saturated carbocycles. The highest BCUT2D eigenvalue weighted by Crippen LogP contribution is 2.23. The van der Waals surface area contributed by atoms with Crippen molar-refractivity contribution in [3.63, 3.8) is 0 Å². The summed E-state index contributed by atoms with van der Waals surface area (Å²) < 4.78 is 1.43. The number of benzene rings is 2. The molecule has 0 atom stereocenters. The molecule has 1 N–H and O–H groups in total. The molecule has 0 radical (unpaired) electrons. The molecule has 1 amide bonds. The molecule has 5 rings (SSSR count). The van der Waals surface area contributed by atoms with Gasteiger partial charge < -0.3 is 4.90 Å². The molecule has 2 aromatic carbocycles. The number of fused-ring (bicyclic) bond motifs is 2. The van der Waals surface area contributed by atoms with Crippen LogP contribution in [0.25, 0.3) is 21.7 Å². The van der Waals surface area contributed by atoms with Crippen molar-refractivity contribution in [2.24, 2.45) is 0 Å². The third-order valence-corrected chi connectivity index (χ3v) is 5.59. The fourth-order valence-electron chi connectivity index (χ4n) is 3.98. The van der Waals surface area contributed by atoms with Crippen molar-refractivity contribution >= 4 is 27.6 Å². The maximum absolute atomic E-state index is 13.1. The molecule has 150 valence electrons. The summed E-state index contributed by atoms with van der Waals surface area (Å²) in [6, 6.07) is 13.9. The predicted molar refractivity (Wildman–Crippen MR) is 110 cm³/mol. The number of nitrogens with zero attached hydrogens (tertiary/aromatic N) is 5. The standard InChI is InChI=1S/C21H18N6O3/c28-19-15-6-2-1-5-14(15)18(23-24-19)21(30)26-11-9-13(10-12-26)27-20(29)16-7-3-4-8-17(16)22-25-27/h1-8,13H,9-12H2,(H,24,28). The number of aromatic amines is 1. The summed E-state index contributed by atoms with van der Waals surface area (Å²) in [5.74, 6) is -0.238. The molecule has 1 aliphatic rings. The van der Waals surface area contributed by atoms with Crippen LogP contribution in [0.4, 0.5) is 0 Å². The summed E-state index contributed by atoms with van der Waals surface area (Å²) in [5.41, 5.74) is 0.308. The molecule has 0 spiro atoms. The van der Waals surface area contributed by atoms with Crippen molar-refractivity contribution in [3.05, 3.63) is 74.9 Å². The average Bonchev–Trinajstić information content (AvgIpc) is 2.80. The molecular weight excluding hydrogens is 384 g/mol. The Labute approximate surface area is 169 Å². The van der Waals surface area contributed by atoms with Crippen LogP contribution in [0.5, 0.6) is 0 Å². The highest BCUT2D eigenvalue weighted by atomic mass is 16.2. The Bertz CT molecular complexity index is 1380. The SMILES string of the molecule is O=C(c1n[nH]c(=O)c2ccccc12)N1CCC(n2nnc3ccccc3c2=O)CC1. The van der Waals surface area contributed by atoms with E-state index in [0.29, 0.717) is 47.6 Å². The maximum atomic E-state index is 13.1. The Morgan fingerprint density at radius 3 is 2.37 bits per heavy atom. The van der Waals surface area contributed by atoms with Gasteiger partial charge in [0.1, 0.15) is 5.52 Å². The molecule has 1 fully saturated rings. The minimum absolute atomic E-state index is 0.126. The van der Waals surface area contributed by atoms with Crippen LogP contribution in [0.3, 0.4) is 0 Å². The lowest BCUT2D eigenvalue weighted by Gasteiger charge is -2.31. The van der Waals surface area contributed by atoms with Crippen molar-refractivity contribution in [2.75, 3.05) is 13.1 Å². The maximum Gasteiger partial charge on any atom is 0.277 e. The number of carbonyl (C=O) groups is 1. The zero-order chi connectivity index (χ0) is 20.7. The second-order valence-electron chi connectivity index (χ2n) is 7.33. The fraction of sp³-hybridized carbons (Fsp3) is 0.238. The predicted octanol–water partition coefficient (Wildman–Crippen LogP) is 1.51. The highest BCUT2D eigenvalue weighted by Gasteiger charge is 2.28. The molecule has 0 unspecified atom stereocenters. The number of hydrogen-bond acceptors (Lipinski definition) is 6. The Morgan fingerprint density at radius 1 is 0.933 bits per heavy atom. The first kappa shape index (κ1) is 18.2. The van der Waals surface area contributed by atoms with Crippen molar-refractivity contribution < 1.29 is 4.79 Å². The van der Waals surface area contributed by atoms with Crippen LogP contribution in [0.1, 0.15) is 29.4 Å². The van der Waals surface area contributed by atoms with Crippen LogP contribution < -0.4 is 11.1 Å². The minimum Gasteiger partial charge on any atom is -0.337 e. The Kier molecular flexibility index (Phi) is 4.35. The number of piperidine rings is 1. The van der Waals surface area contributed by atoms with E-state index in [-0.39, 0.29) is 28.8 Å². The number of amides is 1. The first-order valence-corrected chi connectivity index (χ1v) is 9.74. The van der Waals surface area contributed by atoms with Gasteiger partial charge >= 0.3 is 0 Å². The van der Waals surface area contributed by atoms with E-state index in [0.717, 1.165) is 0 Å². The van der Waals surface area contributed by atoms with Gasteiger partial charge in [-0.2, -0.15) is 5.10 Å². The van der Waals surface area contributed by atoms with Gasteiger partial charge in [-0.15, -0.1) is 5.10 Å². The second kappa shape index (κ2) is 7.18. The van der Waals surface area contributed by atoms with Gasteiger partial charge in [-0.25, -0.2) is 9.78 Å². The van der Waals surface area contributed by atoms with E-state index >= 15 is 0 Å². The first-order valence-electron chi connectivity index (χ1n) is 9.74. The lowest BCUT2D eigenvalue weighted by atomic mass is 10.0. The summed E-state index contributed by atoms with van der Waals surface area (Å²) >= 11 is 0. The monoisotopic (exact) mass is 402 g/mol. The van der Waals surface area contributed by atoms with Crippen LogP contribution in [-0.4, -0.2) is 49.1 Å². The third kappa shape index (κ3) is 2.95. The van der Waals surface area contributed by atoms with E-state index in [9.17, 15) is 14.4 Å². The Balaban J connectivity index is 1.39. The molecule has 3 heterocycles. The van der Waals surface area contributed by atoms with Crippen molar-refractivity contribution in [2.45, 2.75) is 18.9 Å². The summed E-state index contributed by atoms with van der Waals surface area (Å²) in [6.45, 7) is 0.916. The Hall–Kier alpha value is -3.88. The zero-order valence-electron chi connectivity index (χ0n) is 16.0. The zero-order valence-corrected chi connectivity index (χ0v) is 16.0. The van der Waals surface area contributed by atoms with Gasteiger partial charge in [0.25, 0.3) is 17.0 Å². The largest absolute Gasteiger partial charge is 0.337 e. The topological polar surface area (TPSA) is 114 Å². The van der Waals surface area contributed by atoms with E-state index in [1.54, 1.807) is 47.4 Å². The quantitative estimate of drug-likeness (QED) is 0.544. The smallest absolute Gasteiger partial charge is 0.277 e. The molecule has 0 bridgehead atoms. The minimum atomic E-state index is -0.324. The van der Waals surface area contributed by atoms with Gasteiger partial charge in [-0.1, -0.05) is 35.5 Å². The summed E-state index contributed by atoms with van der Waals surface area (Å²) in [5, 5.41) is 16.2. The lowest BCUT2D eigenvalue weighted by molar-refractivity contribution is 0.0682. The lowest BCUT2D eigenvalue weighted by Crippen LogP contribution is -2.42. The van der Waals surface area contributed by atoms with Gasteiger partial charge in [-0.05, 0) is 31.0 Å². The number of rotatable bonds is 2. The third-order valence-electron chi connectivity index (χ3n) is 5.59. The molecule has 4 aromatic rings. The molecule has 9 heteroatoms. The number of carbonyl (C=O) groups excluding carboxylic acids is 1. The van der Waals surface area contributed by atoms with Crippen LogP contribution in [0, 0.1) is 0 Å². The van der Waals surface area contributed by atoms with Gasteiger partial charge in [0.05, 0.1) is 16.8 Å². The molecule has 30 heavy (non-hydrogen) atoms. The first-order chi connectivity index (χ1) is 14.6. The van der Waals surface area contributed by atoms with Crippen molar-refractivity contribution in [3.8, 4) is 0 Å².